The van der Waals surface area contributed by atoms with E-state index in [9.17, 15) is 9.59 Å². The highest BCUT2D eigenvalue weighted by Gasteiger charge is 2.21. The monoisotopic (exact) mass is 410 g/mol. The Kier molecular flexibility index (Phi) is 6.60. The summed E-state index contributed by atoms with van der Waals surface area (Å²) in [4.78, 5) is 29.2. The van der Waals surface area contributed by atoms with Crippen molar-refractivity contribution in [3.05, 3.63) is 71.2 Å². The fourth-order valence-electron chi connectivity index (χ4n) is 2.76. The van der Waals surface area contributed by atoms with Crippen molar-refractivity contribution in [2.45, 2.75) is 12.6 Å². The zero-order valence-electron chi connectivity index (χ0n) is 16.3. The fraction of sp³-hybridized carbons (Fsp3) is 0.200. The number of amides is 2. The number of rotatable bonds is 8. The van der Waals surface area contributed by atoms with Gasteiger partial charge in [-0.15, -0.1) is 0 Å². The van der Waals surface area contributed by atoms with E-state index >= 15 is 0 Å². The van der Waals surface area contributed by atoms with Crippen LogP contribution in [-0.2, 0) is 11.3 Å². The molecule has 0 aliphatic heterocycles. The van der Waals surface area contributed by atoms with E-state index in [1.165, 1.54) is 25.5 Å². The minimum absolute atomic E-state index is 0.0744. The van der Waals surface area contributed by atoms with Gasteiger partial charge in [0.1, 0.15) is 29.0 Å². The number of benzene rings is 1. The van der Waals surface area contributed by atoms with E-state index < -0.39 is 17.9 Å². The number of aromatic nitrogens is 2. The summed E-state index contributed by atoms with van der Waals surface area (Å²) in [7, 11) is 1.50. The zero-order chi connectivity index (χ0) is 21.5. The van der Waals surface area contributed by atoms with Crippen molar-refractivity contribution in [1.29, 1.82) is 0 Å². The lowest BCUT2D eigenvalue weighted by Gasteiger charge is -2.20. The molecular weight excluding hydrogens is 388 g/mol. The molecule has 30 heavy (non-hydrogen) atoms. The van der Waals surface area contributed by atoms with Crippen LogP contribution >= 0.6 is 0 Å². The molecule has 0 radical (unpaired) electrons. The van der Waals surface area contributed by atoms with E-state index in [-0.39, 0.29) is 30.2 Å². The number of carbonyl (C=O) groups excluding carboxylic acids is 2. The first-order valence-corrected chi connectivity index (χ1v) is 9.07. The quantitative estimate of drug-likeness (QED) is 0.432. The molecule has 1 unspecified atom stereocenters. The predicted octanol–water partition coefficient (Wildman–Crippen LogP) is 1.28. The lowest BCUT2D eigenvalue weighted by Crippen LogP contribution is -2.38. The van der Waals surface area contributed by atoms with Crippen molar-refractivity contribution in [3.8, 4) is 0 Å². The number of ether oxygens (including phenoxy) is 1. The molecule has 6 N–H and O–H groups in total. The summed E-state index contributed by atoms with van der Waals surface area (Å²) in [6, 6.07) is 11.7. The molecule has 0 saturated heterocycles. The normalized spacial score (nSPS) is 11.6. The minimum Gasteiger partial charge on any atom is -0.396 e. The molecule has 0 spiro atoms. The number of pyridine rings is 1. The summed E-state index contributed by atoms with van der Waals surface area (Å²) in [6.07, 6.45) is 1.25. The molecular formula is C20H22N6O4. The number of anilines is 2. The van der Waals surface area contributed by atoms with Gasteiger partial charge in [0.15, 0.2) is 0 Å². The predicted molar refractivity (Wildman–Crippen MR) is 109 cm³/mol. The number of nitrogen functional groups attached to an aromatic ring is 2. The maximum atomic E-state index is 12.7. The van der Waals surface area contributed by atoms with Crippen molar-refractivity contribution in [3.63, 3.8) is 0 Å². The topological polar surface area (TPSA) is 158 Å². The number of hydrogen-bond donors (Lipinski definition) is 4. The van der Waals surface area contributed by atoms with Crippen LogP contribution in [0.2, 0.25) is 0 Å². The Morgan fingerprint density at radius 3 is 2.60 bits per heavy atom. The molecule has 0 aliphatic carbocycles. The molecule has 1 aromatic carbocycles. The number of methoxy groups -OCH3 is 1. The molecule has 3 aromatic rings. The Bertz CT molecular complexity index is 1020. The molecule has 2 heterocycles. The Morgan fingerprint density at radius 2 is 1.90 bits per heavy atom. The van der Waals surface area contributed by atoms with Gasteiger partial charge in [0.25, 0.3) is 11.8 Å². The van der Waals surface area contributed by atoms with Crippen LogP contribution in [-0.4, -0.2) is 35.6 Å². The van der Waals surface area contributed by atoms with Crippen LogP contribution in [0.4, 0.5) is 11.5 Å². The maximum absolute atomic E-state index is 12.7. The summed E-state index contributed by atoms with van der Waals surface area (Å²) in [5, 5.41) is 9.40. The van der Waals surface area contributed by atoms with E-state index in [1.54, 1.807) is 0 Å². The highest BCUT2D eigenvalue weighted by Crippen LogP contribution is 2.16. The van der Waals surface area contributed by atoms with Crippen LogP contribution in [0.5, 0.6) is 0 Å². The van der Waals surface area contributed by atoms with Gasteiger partial charge in [0.2, 0.25) is 0 Å². The second-order valence-electron chi connectivity index (χ2n) is 6.43. The molecule has 0 aliphatic rings. The molecule has 156 valence electrons. The smallest absolute Gasteiger partial charge is 0.270 e. The number of nitrogens with zero attached hydrogens (tertiary/aromatic N) is 2. The summed E-state index contributed by atoms with van der Waals surface area (Å²) in [6.45, 7) is 0.263. The van der Waals surface area contributed by atoms with Gasteiger partial charge >= 0.3 is 0 Å². The van der Waals surface area contributed by atoms with Gasteiger partial charge < -0.3 is 31.4 Å². The first kappa shape index (κ1) is 20.8. The third kappa shape index (κ3) is 4.92. The highest BCUT2D eigenvalue weighted by molar-refractivity contribution is 5.95. The van der Waals surface area contributed by atoms with Crippen LogP contribution in [0, 0.1) is 0 Å². The largest absolute Gasteiger partial charge is 0.396 e. The summed E-state index contributed by atoms with van der Waals surface area (Å²) in [5.41, 5.74) is 13.2. The number of nitrogens with two attached hydrogens (primary N) is 2. The minimum atomic E-state index is -0.519. The average molecular weight is 410 g/mol. The molecule has 0 bridgehead atoms. The molecule has 10 nitrogen and oxygen atoms in total. The zero-order valence-corrected chi connectivity index (χ0v) is 16.3. The number of hydrogen-bond acceptors (Lipinski definition) is 8. The second-order valence-corrected chi connectivity index (χ2v) is 6.43. The van der Waals surface area contributed by atoms with Gasteiger partial charge in [0.05, 0.1) is 18.3 Å². The van der Waals surface area contributed by atoms with Gasteiger partial charge in [-0.2, -0.15) is 0 Å². The standard InChI is InChI=1S/C20H22N6O4/c1-29-11-17-13(10-30-26-17)19(27)23-9-16(12-5-3-2-4-6-12)25-20(28)15-8-7-14(21)18(22)24-15/h2-8,10,16H,9,11,21H2,1H3,(H2,22,24)(H,23,27)(H,25,28). The van der Waals surface area contributed by atoms with Crippen molar-refractivity contribution in [2.75, 3.05) is 25.1 Å². The number of carbonyl (C=O) groups is 2. The van der Waals surface area contributed by atoms with Gasteiger partial charge in [0, 0.05) is 13.7 Å². The van der Waals surface area contributed by atoms with Crippen molar-refractivity contribution >= 4 is 23.3 Å². The van der Waals surface area contributed by atoms with Crippen molar-refractivity contribution < 1.29 is 18.8 Å². The molecule has 0 fully saturated rings. The van der Waals surface area contributed by atoms with Crippen LogP contribution < -0.4 is 22.1 Å². The van der Waals surface area contributed by atoms with Gasteiger partial charge in [-0.25, -0.2) is 4.98 Å². The van der Waals surface area contributed by atoms with E-state index in [1.807, 2.05) is 30.3 Å². The summed E-state index contributed by atoms with van der Waals surface area (Å²) >= 11 is 0. The maximum Gasteiger partial charge on any atom is 0.270 e. The van der Waals surface area contributed by atoms with Crippen LogP contribution in [0.15, 0.2) is 53.3 Å². The fourth-order valence-corrected chi connectivity index (χ4v) is 2.76. The average Bonchev–Trinajstić information content (AvgIpc) is 3.22. The molecule has 0 saturated carbocycles. The van der Waals surface area contributed by atoms with Gasteiger partial charge in [-0.05, 0) is 17.7 Å². The molecule has 3 rings (SSSR count). The first-order chi connectivity index (χ1) is 14.5. The Balaban J connectivity index is 1.74. The van der Waals surface area contributed by atoms with Crippen molar-refractivity contribution in [2.24, 2.45) is 0 Å². The number of nitrogens with one attached hydrogen (secondary N) is 2. The lowest BCUT2D eigenvalue weighted by molar-refractivity contribution is 0.0903. The van der Waals surface area contributed by atoms with Crippen molar-refractivity contribution in [1.82, 2.24) is 20.8 Å². The summed E-state index contributed by atoms with van der Waals surface area (Å²) < 4.78 is 9.87. The Hall–Kier alpha value is -3.92. The molecule has 1 atom stereocenters. The van der Waals surface area contributed by atoms with Gasteiger partial charge in [-0.3, -0.25) is 9.59 Å². The molecule has 2 aromatic heterocycles. The first-order valence-electron chi connectivity index (χ1n) is 9.07. The molecule has 10 heteroatoms. The van der Waals surface area contributed by atoms with Crippen LogP contribution in [0.3, 0.4) is 0 Å². The SMILES string of the molecule is COCc1nocc1C(=O)NCC(NC(=O)c1ccc(N)c(N)n1)c1ccccc1. The Labute approximate surface area is 172 Å². The van der Waals surface area contributed by atoms with E-state index in [2.05, 4.69) is 20.8 Å². The van der Waals surface area contributed by atoms with Crippen LogP contribution in [0.1, 0.15) is 38.1 Å². The third-order valence-corrected chi connectivity index (χ3v) is 4.33. The lowest BCUT2D eigenvalue weighted by atomic mass is 10.1. The second kappa shape index (κ2) is 9.52. The summed E-state index contributed by atoms with van der Waals surface area (Å²) in [5.74, 6) is -0.770. The molecule has 2 amide bonds. The van der Waals surface area contributed by atoms with E-state index in [4.69, 9.17) is 20.7 Å². The highest BCUT2D eigenvalue weighted by atomic mass is 16.5. The Morgan fingerprint density at radius 1 is 1.13 bits per heavy atom. The third-order valence-electron chi connectivity index (χ3n) is 4.33. The van der Waals surface area contributed by atoms with Crippen LogP contribution in [0.25, 0.3) is 0 Å². The van der Waals surface area contributed by atoms with Gasteiger partial charge in [-0.1, -0.05) is 35.5 Å². The van der Waals surface area contributed by atoms with E-state index in [0.29, 0.717) is 11.4 Å². The van der Waals surface area contributed by atoms with E-state index in [0.717, 1.165) is 5.56 Å².